The normalized spacial score (nSPS) is 10.2. The van der Waals surface area contributed by atoms with Gasteiger partial charge >= 0.3 is 0 Å². The Hall–Kier alpha value is -0.970. The molecule has 0 amide bonds. The van der Waals surface area contributed by atoms with E-state index in [-0.39, 0.29) is 0 Å². The van der Waals surface area contributed by atoms with Gasteiger partial charge in [-0.3, -0.25) is 0 Å². The van der Waals surface area contributed by atoms with Gasteiger partial charge in [-0.2, -0.15) is 11.8 Å². The summed E-state index contributed by atoms with van der Waals surface area (Å²) >= 11 is 1.85. The molecule has 0 saturated carbocycles. The first-order valence-corrected chi connectivity index (χ1v) is 6.86. The Bertz CT molecular complexity index is 320. The third-order valence-electron chi connectivity index (χ3n) is 2.14. The highest BCUT2D eigenvalue weighted by molar-refractivity contribution is 7.98. The molecule has 0 aromatic carbocycles. The van der Waals surface area contributed by atoms with E-state index in [4.69, 9.17) is 4.74 Å². The molecular weight excluding hydrogens is 222 g/mol. The standard InChI is InChI=1S/C11H19N3OS/c1-4-15-11-9(2)10(13-8-14-11)12-6-5-7-16-3/h8H,4-7H2,1-3H3,(H,12,13,14). The topological polar surface area (TPSA) is 47.0 Å². The average molecular weight is 241 g/mol. The lowest BCUT2D eigenvalue weighted by Crippen LogP contribution is -2.08. The zero-order chi connectivity index (χ0) is 11.8. The van der Waals surface area contributed by atoms with Gasteiger partial charge in [-0.15, -0.1) is 0 Å². The first-order valence-electron chi connectivity index (χ1n) is 5.46. The largest absolute Gasteiger partial charge is 0.478 e. The quantitative estimate of drug-likeness (QED) is 0.742. The van der Waals surface area contributed by atoms with Crippen molar-refractivity contribution in [2.24, 2.45) is 0 Å². The number of hydrogen-bond donors (Lipinski definition) is 1. The molecular formula is C11H19N3OS. The van der Waals surface area contributed by atoms with E-state index < -0.39 is 0 Å². The minimum Gasteiger partial charge on any atom is -0.478 e. The molecule has 16 heavy (non-hydrogen) atoms. The number of nitrogens with zero attached hydrogens (tertiary/aromatic N) is 2. The molecule has 0 radical (unpaired) electrons. The first-order chi connectivity index (χ1) is 7.79. The van der Waals surface area contributed by atoms with E-state index in [2.05, 4.69) is 21.5 Å². The first kappa shape index (κ1) is 13.1. The maximum Gasteiger partial charge on any atom is 0.221 e. The third-order valence-corrected chi connectivity index (χ3v) is 2.83. The highest BCUT2D eigenvalue weighted by Crippen LogP contribution is 2.20. The van der Waals surface area contributed by atoms with E-state index in [0.717, 1.165) is 30.1 Å². The van der Waals surface area contributed by atoms with Crippen LogP contribution >= 0.6 is 11.8 Å². The van der Waals surface area contributed by atoms with Gasteiger partial charge in [0.1, 0.15) is 12.1 Å². The fourth-order valence-corrected chi connectivity index (χ4v) is 1.75. The lowest BCUT2D eigenvalue weighted by atomic mass is 10.3. The van der Waals surface area contributed by atoms with Gasteiger partial charge in [0.25, 0.3) is 0 Å². The minimum atomic E-state index is 0.629. The molecule has 0 aliphatic carbocycles. The predicted octanol–water partition coefficient (Wildman–Crippen LogP) is 2.35. The monoisotopic (exact) mass is 241 g/mol. The smallest absolute Gasteiger partial charge is 0.221 e. The van der Waals surface area contributed by atoms with Crippen molar-refractivity contribution in [3.63, 3.8) is 0 Å². The SMILES string of the molecule is CCOc1ncnc(NCCCSC)c1C. The summed E-state index contributed by atoms with van der Waals surface area (Å²) in [4.78, 5) is 8.31. The maximum atomic E-state index is 5.41. The second-order valence-electron chi connectivity index (χ2n) is 3.36. The number of ether oxygens (including phenoxy) is 1. The molecule has 0 spiro atoms. The van der Waals surface area contributed by atoms with Crippen LogP contribution in [0.5, 0.6) is 5.88 Å². The highest BCUT2D eigenvalue weighted by atomic mass is 32.2. The van der Waals surface area contributed by atoms with E-state index >= 15 is 0 Å². The van der Waals surface area contributed by atoms with Crippen LogP contribution in [0.1, 0.15) is 18.9 Å². The van der Waals surface area contributed by atoms with E-state index in [0.29, 0.717) is 12.5 Å². The van der Waals surface area contributed by atoms with Crippen molar-refractivity contribution >= 4 is 17.6 Å². The summed E-state index contributed by atoms with van der Waals surface area (Å²) in [7, 11) is 0. The number of rotatable bonds is 7. The summed E-state index contributed by atoms with van der Waals surface area (Å²) in [5, 5.41) is 3.30. The zero-order valence-corrected chi connectivity index (χ0v) is 10.9. The zero-order valence-electron chi connectivity index (χ0n) is 10.1. The minimum absolute atomic E-state index is 0.629. The van der Waals surface area contributed by atoms with Gasteiger partial charge in [-0.25, -0.2) is 9.97 Å². The van der Waals surface area contributed by atoms with E-state index in [1.165, 1.54) is 6.33 Å². The fraction of sp³-hybridized carbons (Fsp3) is 0.636. The third kappa shape index (κ3) is 3.89. The van der Waals surface area contributed by atoms with Crippen LogP contribution in [0.3, 0.4) is 0 Å². The average Bonchev–Trinajstić information content (AvgIpc) is 2.29. The molecule has 0 atom stereocenters. The molecule has 0 saturated heterocycles. The molecule has 1 aromatic rings. The Labute approximate surface area is 101 Å². The van der Waals surface area contributed by atoms with Crippen LogP contribution < -0.4 is 10.1 Å². The number of thioether (sulfide) groups is 1. The Balaban J connectivity index is 2.55. The van der Waals surface area contributed by atoms with Crippen molar-refractivity contribution in [3.8, 4) is 5.88 Å². The summed E-state index contributed by atoms with van der Waals surface area (Å²) in [6.45, 7) is 5.49. The predicted molar refractivity (Wildman–Crippen MR) is 69.4 cm³/mol. The van der Waals surface area contributed by atoms with Crippen LogP contribution in [0.4, 0.5) is 5.82 Å². The summed E-state index contributed by atoms with van der Waals surface area (Å²) in [5.41, 5.74) is 0.980. The van der Waals surface area contributed by atoms with Crippen LogP contribution in [-0.4, -0.2) is 35.1 Å². The molecule has 0 bridgehead atoms. The second-order valence-corrected chi connectivity index (χ2v) is 4.34. The molecule has 90 valence electrons. The Morgan fingerprint density at radius 2 is 2.25 bits per heavy atom. The summed E-state index contributed by atoms with van der Waals surface area (Å²) in [6, 6.07) is 0. The van der Waals surface area contributed by atoms with Crippen molar-refractivity contribution in [1.29, 1.82) is 0 Å². The summed E-state index contributed by atoms with van der Waals surface area (Å²) < 4.78 is 5.41. The number of nitrogens with one attached hydrogen (secondary N) is 1. The van der Waals surface area contributed by atoms with E-state index in [1.54, 1.807) is 0 Å². The van der Waals surface area contributed by atoms with Gasteiger partial charge in [0, 0.05) is 6.54 Å². The van der Waals surface area contributed by atoms with Gasteiger partial charge in [-0.05, 0) is 32.3 Å². The molecule has 4 nitrogen and oxygen atoms in total. The van der Waals surface area contributed by atoms with Gasteiger partial charge in [0.05, 0.1) is 12.2 Å². The Morgan fingerprint density at radius 1 is 1.44 bits per heavy atom. The second kappa shape index (κ2) is 7.33. The molecule has 0 aliphatic heterocycles. The molecule has 5 heteroatoms. The van der Waals surface area contributed by atoms with Gasteiger partial charge in [0.15, 0.2) is 0 Å². The van der Waals surface area contributed by atoms with Crippen molar-refractivity contribution in [2.45, 2.75) is 20.3 Å². The molecule has 1 N–H and O–H groups in total. The summed E-state index contributed by atoms with van der Waals surface area (Å²) in [6.07, 6.45) is 4.78. The van der Waals surface area contributed by atoms with Crippen molar-refractivity contribution < 1.29 is 4.74 Å². The van der Waals surface area contributed by atoms with Crippen LogP contribution in [-0.2, 0) is 0 Å². The Morgan fingerprint density at radius 3 is 2.94 bits per heavy atom. The van der Waals surface area contributed by atoms with Crippen molar-refractivity contribution in [1.82, 2.24) is 9.97 Å². The maximum absolute atomic E-state index is 5.41. The van der Waals surface area contributed by atoms with Crippen LogP contribution in [0.25, 0.3) is 0 Å². The van der Waals surface area contributed by atoms with Crippen molar-refractivity contribution in [2.75, 3.05) is 30.5 Å². The van der Waals surface area contributed by atoms with Crippen LogP contribution in [0.2, 0.25) is 0 Å². The van der Waals surface area contributed by atoms with E-state index in [9.17, 15) is 0 Å². The lowest BCUT2D eigenvalue weighted by molar-refractivity contribution is 0.324. The Kier molecular flexibility index (Phi) is 6.00. The molecule has 1 rings (SSSR count). The van der Waals surface area contributed by atoms with Gasteiger partial charge in [0.2, 0.25) is 5.88 Å². The highest BCUT2D eigenvalue weighted by Gasteiger charge is 2.06. The number of aromatic nitrogens is 2. The molecule has 1 heterocycles. The fourth-order valence-electron chi connectivity index (χ4n) is 1.32. The lowest BCUT2D eigenvalue weighted by Gasteiger charge is -2.10. The molecule has 0 aliphatic rings. The van der Waals surface area contributed by atoms with Gasteiger partial charge in [-0.1, -0.05) is 0 Å². The number of hydrogen-bond acceptors (Lipinski definition) is 5. The van der Waals surface area contributed by atoms with Crippen LogP contribution in [0, 0.1) is 6.92 Å². The van der Waals surface area contributed by atoms with Crippen LogP contribution in [0.15, 0.2) is 6.33 Å². The molecule has 0 fully saturated rings. The summed E-state index contributed by atoms with van der Waals surface area (Å²) in [5.74, 6) is 2.71. The van der Waals surface area contributed by atoms with Gasteiger partial charge < -0.3 is 10.1 Å². The van der Waals surface area contributed by atoms with Crippen molar-refractivity contribution in [3.05, 3.63) is 11.9 Å². The number of anilines is 1. The molecule has 0 unspecified atom stereocenters. The molecule has 1 aromatic heterocycles. The van der Waals surface area contributed by atoms with E-state index in [1.807, 2.05) is 25.6 Å².